The molecule has 1 unspecified atom stereocenters. The van der Waals surface area contributed by atoms with Gasteiger partial charge in [-0.05, 0) is 19.1 Å². The van der Waals surface area contributed by atoms with Crippen molar-refractivity contribution in [2.75, 3.05) is 0 Å². The van der Waals surface area contributed by atoms with Crippen molar-refractivity contribution in [1.82, 2.24) is 15.2 Å². The zero-order valence-electron chi connectivity index (χ0n) is 5.38. The fraction of sp³-hybridized carbons (Fsp3) is 0.400. The lowest BCUT2D eigenvalue weighted by Crippen LogP contribution is -1.91. The molecule has 0 aliphatic heterocycles. The lowest BCUT2D eigenvalue weighted by Gasteiger charge is -1.91. The minimum Gasteiger partial charge on any atom is -0.285 e. The van der Waals surface area contributed by atoms with Crippen LogP contribution in [0.4, 0.5) is 0 Å². The Kier molecular flexibility index (Phi) is 1.83. The van der Waals surface area contributed by atoms with E-state index in [1.54, 1.807) is 6.92 Å². The topological polar surface area (TPSA) is 68.3 Å². The van der Waals surface area contributed by atoms with Gasteiger partial charge in [-0.3, -0.25) is 10.2 Å². The molecule has 0 fully saturated rings. The van der Waals surface area contributed by atoms with Crippen LogP contribution < -0.4 is 0 Å². The van der Waals surface area contributed by atoms with Gasteiger partial charge in [0.25, 0.3) is 0 Å². The van der Waals surface area contributed by atoms with Gasteiger partial charge in [-0.1, -0.05) is 0 Å². The van der Waals surface area contributed by atoms with Gasteiger partial charge in [0.1, 0.15) is 11.7 Å². The summed E-state index contributed by atoms with van der Waals surface area (Å²) in [7, 11) is 0. The third-order valence-corrected chi connectivity index (χ3v) is 1.32. The van der Waals surface area contributed by atoms with Gasteiger partial charge in [-0.25, -0.2) is 4.98 Å². The van der Waals surface area contributed by atoms with Gasteiger partial charge in [-0.2, -0.15) is 5.26 Å². The van der Waals surface area contributed by atoms with Gasteiger partial charge in [0.2, 0.25) is 4.77 Å². The van der Waals surface area contributed by atoms with Gasteiger partial charge in [0.05, 0.1) is 6.07 Å². The van der Waals surface area contributed by atoms with Crippen molar-refractivity contribution in [3.8, 4) is 6.07 Å². The summed E-state index contributed by atoms with van der Waals surface area (Å²) in [5.41, 5.74) is 0. The molecule has 4 nitrogen and oxygen atoms in total. The number of aromatic amines is 2. The first-order chi connectivity index (χ1) is 4.74. The molecule has 0 spiro atoms. The molecule has 0 saturated heterocycles. The molecule has 1 rings (SSSR count). The first-order valence-electron chi connectivity index (χ1n) is 2.78. The zero-order chi connectivity index (χ0) is 7.56. The molecule has 52 valence electrons. The molecule has 0 aromatic carbocycles. The van der Waals surface area contributed by atoms with Crippen LogP contribution in [0.25, 0.3) is 0 Å². The second-order valence-corrected chi connectivity index (χ2v) is 2.29. The lowest BCUT2D eigenvalue weighted by atomic mass is 10.2. The Morgan fingerprint density at radius 3 is 2.80 bits per heavy atom. The summed E-state index contributed by atoms with van der Waals surface area (Å²) in [4.78, 5) is 3.86. The van der Waals surface area contributed by atoms with Gasteiger partial charge in [0.15, 0.2) is 0 Å². The Morgan fingerprint density at radius 2 is 2.40 bits per heavy atom. The highest BCUT2D eigenvalue weighted by molar-refractivity contribution is 7.71. The lowest BCUT2D eigenvalue weighted by molar-refractivity contribution is 0.861. The molecule has 0 bridgehead atoms. The van der Waals surface area contributed by atoms with E-state index in [1.165, 1.54) is 0 Å². The Hall–Kier alpha value is -1.15. The van der Waals surface area contributed by atoms with Crippen LogP contribution in [0, 0.1) is 16.1 Å². The number of rotatable bonds is 1. The van der Waals surface area contributed by atoms with E-state index in [4.69, 9.17) is 17.5 Å². The minimum atomic E-state index is -0.229. The molecule has 1 aromatic heterocycles. The number of nitrogens with zero attached hydrogens (tertiary/aromatic N) is 2. The van der Waals surface area contributed by atoms with Crippen molar-refractivity contribution in [3.63, 3.8) is 0 Å². The quantitative estimate of drug-likeness (QED) is 0.595. The van der Waals surface area contributed by atoms with E-state index < -0.39 is 0 Å². The summed E-state index contributed by atoms with van der Waals surface area (Å²) in [5, 5.41) is 13.7. The summed E-state index contributed by atoms with van der Waals surface area (Å²) >= 11 is 4.69. The van der Waals surface area contributed by atoms with Gasteiger partial charge in [0, 0.05) is 0 Å². The van der Waals surface area contributed by atoms with Crippen LogP contribution >= 0.6 is 12.2 Å². The molecule has 1 heterocycles. The normalized spacial score (nSPS) is 12.4. The molecule has 0 saturated carbocycles. The fourth-order valence-electron chi connectivity index (χ4n) is 0.549. The summed E-state index contributed by atoms with van der Waals surface area (Å²) in [6.07, 6.45) is 0. The van der Waals surface area contributed by atoms with Crippen LogP contribution in [0.5, 0.6) is 0 Å². The molecule has 0 aliphatic rings. The van der Waals surface area contributed by atoms with Crippen LogP contribution in [0.3, 0.4) is 0 Å². The Labute approximate surface area is 62.9 Å². The number of aromatic nitrogens is 3. The highest BCUT2D eigenvalue weighted by Crippen LogP contribution is 2.05. The monoisotopic (exact) mass is 154 g/mol. The Morgan fingerprint density at radius 1 is 1.70 bits per heavy atom. The summed E-state index contributed by atoms with van der Waals surface area (Å²) in [6.45, 7) is 1.75. The number of nitrogens with one attached hydrogen (secondary N) is 2. The second-order valence-electron chi connectivity index (χ2n) is 1.90. The molecule has 1 atom stereocenters. The van der Waals surface area contributed by atoms with Crippen molar-refractivity contribution in [2.24, 2.45) is 0 Å². The summed E-state index contributed by atoms with van der Waals surface area (Å²) in [6, 6.07) is 2.03. The maximum absolute atomic E-state index is 8.44. The average Bonchev–Trinajstić information content (AvgIpc) is 2.34. The van der Waals surface area contributed by atoms with Crippen molar-refractivity contribution in [3.05, 3.63) is 10.6 Å². The Bertz CT molecular complexity index is 304. The van der Waals surface area contributed by atoms with E-state index in [0.29, 0.717) is 10.6 Å². The maximum Gasteiger partial charge on any atom is 0.213 e. The number of hydrogen-bond acceptors (Lipinski definition) is 3. The zero-order valence-corrected chi connectivity index (χ0v) is 6.20. The Balaban J connectivity index is 2.98. The predicted molar refractivity (Wildman–Crippen MR) is 37.8 cm³/mol. The highest BCUT2D eigenvalue weighted by Gasteiger charge is 2.05. The third kappa shape index (κ3) is 1.22. The van der Waals surface area contributed by atoms with Gasteiger partial charge in [-0.15, -0.1) is 0 Å². The highest BCUT2D eigenvalue weighted by atomic mass is 32.1. The molecule has 0 aliphatic carbocycles. The molecule has 1 aromatic rings. The third-order valence-electron chi connectivity index (χ3n) is 1.12. The molecule has 10 heavy (non-hydrogen) atoms. The first-order valence-corrected chi connectivity index (χ1v) is 3.19. The van der Waals surface area contributed by atoms with E-state index in [2.05, 4.69) is 15.2 Å². The number of nitriles is 1. The van der Waals surface area contributed by atoms with Crippen LogP contribution in [0.1, 0.15) is 18.7 Å². The minimum absolute atomic E-state index is 0.229. The van der Waals surface area contributed by atoms with E-state index in [0.717, 1.165) is 0 Å². The van der Waals surface area contributed by atoms with Crippen LogP contribution in [0.2, 0.25) is 0 Å². The smallest absolute Gasteiger partial charge is 0.213 e. The van der Waals surface area contributed by atoms with Crippen molar-refractivity contribution < 1.29 is 0 Å². The molecule has 2 N–H and O–H groups in total. The van der Waals surface area contributed by atoms with Gasteiger partial charge >= 0.3 is 0 Å². The number of H-pyrrole nitrogens is 2. The fourth-order valence-corrected chi connectivity index (χ4v) is 0.698. The van der Waals surface area contributed by atoms with Crippen LogP contribution in [-0.2, 0) is 0 Å². The molecular weight excluding hydrogens is 148 g/mol. The largest absolute Gasteiger partial charge is 0.285 e. The van der Waals surface area contributed by atoms with E-state index in [-0.39, 0.29) is 5.92 Å². The number of hydrogen-bond donors (Lipinski definition) is 2. The van der Waals surface area contributed by atoms with Crippen LogP contribution in [0.15, 0.2) is 0 Å². The van der Waals surface area contributed by atoms with Crippen molar-refractivity contribution >= 4 is 12.2 Å². The average molecular weight is 154 g/mol. The van der Waals surface area contributed by atoms with Crippen molar-refractivity contribution in [1.29, 1.82) is 5.26 Å². The first kappa shape index (κ1) is 6.96. The van der Waals surface area contributed by atoms with E-state index >= 15 is 0 Å². The summed E-state index contributed by atoms with van der Waals surface area (Å²) < 4.78 is 0.386. The summed E-state index contributed by atoms with van der Waals surface area (Å²) in [5.74, 6) is 0.362. The van der Waals surface area contributed by atoms with Crippen molar-refractivity contribution in [2.45, 2.75) is 12.8 Å². The predicted octanol–water partition coefficient (Wildman–Crippen LogP) is 1.09. The maximum atomic E-state index is 8.44. The molecule has 0 amide bonds. The van der Waals surface area contributed by atoms with E-state index in [9.17, 15) is 0 Å². The second kappa shape index (κ2) is 2.62. The standard InChI is InChI=1S/C5H6N4S/c1-3(2-6)4-7-5(10)9-8-4/h3H,1H3,(H2,7,8,9,10). The van der Waals surface area contributed by atoms with Crippen LogP contribution in [-0.4, -0.2) is 15.2 Å². The molecular formula is C5H6N4S. The van der Waals surface area contributed by atoms with Gasteiger partial charge < -0.3 is 0 Å². The molecule has 5 heteroatoms. The van der Waals surface area contributed by atoms with E-state index in [1.807, 2.05) is 6.07 Å². The molecule has 0 radical (unpaired) electrons. The SMILES string of the molecule is CC(C#N)c1nc(=S)[nH][nH]1.